The van der Waals surface area contributed by atoms with Crippen LogP contribution in [-0.2, 0) is 9.59 Å². The average molecular weight is 299 g/mol. The number of aliphatic carboxylic acids is 1. The van der Waals surface area contributed by atoms with E-state index in [1.165, 1.54) is 25.7 Å². The summed E-state index contributed by atoms with van der Waals surface area (Å²) in [6.07, 6.45) is 8.44. The second-order valence-corrected chi connectivity index (χ2v) is 4.88. The van der Waals surface area contributed by atoms with Gasteiger partial charge in [-0.05, 0) is 6.42 Å². The number of carboxylic acids is 1. The Bertz CT molecular complexity index is 252. The van der Waals surface area contributed by atoms with Crippen molar-refractivity contribution in [3.63, 3.8) is 0 Å². The van der Waals surface area contributed by atoms with Crippen LogP contribution in [0.5, 0.6) is 0 Å². The van der Waals surface area contributed by atoms with Crippen LogP contribution in [0.2, 0.25) is 0 Å². The third-order valence-electron chi connectivity index (χ3n) is 2.82. The molecule has 0 saturated heterocycles. The molecular formula is C13H26NNaO3S. The molecule has 1 atom stereocenters. The molecule has 0 aliphatic rings. The number of carbonyl (C=O) groups excluding carboxylic acids is 1. The first kappa shape index (κ1) is 21.6. The van der Waals surface area contributed by atoms with Gasteiger partial charge in [-0.25, -0.2) is 4.79 Å². The fourth-order valence-electron chi connectivity index (χ4n) is 1.69. The molecule has 108 valence electrons. The van der Waals surface area contributed by atoms with Gasteiger partial charge in [-0.15, -0.1) is 0 Å². The van der Waals surface area contributed by atoms with Crippen LogP contribution < -0.4 is 5.32 Å². The standard InChI is InChI=1S/C13H25NO3S.Na.H/c1-2-3-4-5-6-7-8-9-12(15)14-11(10-18)13(16)17;;/h11,18H,2-10H2,1H3,(H,14,15)(H,16,17);;/t11-;;/m0../s1. The molecule has 0 aromatic rings. The third kappa shape index (κ3) is 13.0. The van der Waals surface area contributed by atoms with Gasteiger partial charge in [-0.1, -0.05) is 45.4 Å². The molecular weight excluding hydrogens is 273 g/mol. The van der Waals surface area contributed by atoms with E-state index in [1.54, 1.807) is 0 Å². The molecule has 0 saturated carbocycles. The predicted octanol–water partition coefficient (Wildman–Crippen LogP) is 1.98. The van der Waals surface area contributed by atoms with Gasteiger partial charge in [0.15, 0.2) is 0 Å². The minimum atomic E-state index is -1.03. The van der Waals surface area contributed by atoms with E-state index in [1.807, 2.05) is 0 Å². The quantitative estimate of drug-likeness (QED) is 0.310. The van der Waals surface area contributed by atoms with E-state index in [9.17, 15) is 9.59 Å². The number of thiol groups is 1. The second kappa shape index (κ2) is 14.7. The van der Waals surface area contributed by atoms with Crippen molar-refractivity contribution in [1.82, 2.24) is 5.32 Å². The number of amides is 1. The van der Waals surface area contributed by atoms with Crippen molar-refractivity contribution in [2.24, 2.45) is 0 Å². The first-order chi connectivity index (χ1) is 8.61. The van der Waals surface area contributed by atoms with Crippen LogP contribution in [0.15, 0.2) is 0 Å². The summed E-state index contributed by atoms with van der Waals surface area (Å²) in [5.41, 5.74) is 0. The molecule has 0 spiro atoms. The summed E-state index contributed by atoms with van der Waals surface area (Å²) < 4.78 is 0. The van der Waals surface area contributed by atoms with Gasteiger partial charge >= 0.3 is 35.5 Å². The Morgan fingerprint density at radius 2 is 1.63 bits per heavy atom. The molecule has 0 rings (SSSR count). The number of carboxylic acid groups (broad SMARTS) is 1. The summed E-state index contributed by atoms with van der Waals surface area (Å²) >= 11 is 3.89. The Balaban J connectivity index is 0. The Kier molecular flexibility index (Phi) is 16.7. The summed E-state index contributed by atoms with van der Waals surface area (Å²) in [5.74, 6) is -1.10. The second-order valence-electron chi connectivity index (χ2n) is 4.51. The van der Waals surface area contributed by atoms with Gasteiger partial charge in [0.2, 0.25) is 5.91 Å². The van der Waals surface area contributed by atoms with Crippen LogP contribution in [0.4, 0.5) is 0 Å². The van der Waals surface area contributed by atoms with Crippen LogP contribution in [-0.4, -0.2) is 58.3 Å². The van der Waals surface area contributed by atoms with E-state index in [2.05, 4.69) is 24.9 Å². The number of hydrogen-bond acceptors (Lipinski definition) is 3. The topological polar surface area (TPSA) is 66.4 Å². The van der Waals surface area contributed by atoms with E-state index in [0.717, 1.165) is 19.3 Å². The molecule has 0 radical (unpaired) electrons. The van der Waals surface area contributed by atoms with Gasteiger partial charge in [0.1, 0.15) is 6.04 Å². The van der Waals surface area contributed by atoms with Crippen LogP contribution in [0.1, 0.15) is 58.3 Å². The molecule has 6 heteroatoms. The first-order valence-electron chi connectivity index (χ1n) is 6.74. The van der Waals surface area contributed by atoms with Crippen LogP contribution in [0.3, 0.4) is 0 Å². The SMILES string of the molecule is CCCCCCCCCC(=O)N[C@@H](CS)C(=O)O.[NaH]. The van der Waals surface area contributed by atoms with E-state index >= 15 is 0 Å². The number of carbonyl (C=O) groups is 2. The summed E-state index contributed by atoms with van der Waals surface area (Å²) in [5, 5.41) is 11.2. The molecule has 0 aliphatic heterocycles. The third-order valence-corrected chi connectivity index (χ3v) is 3.19. The van der Waals surface area contributed by atoms with Crippen molar-refractivity contribution >= 4 is 54.1 Å². The summed E-state index contributed by atoms with van der Waals surface area (Å²) in [6.45, 7) is 2.19. The summed E-state index contributed by atoms with van der Waals surface area (Å²) in [4.78, 5) is 22.1. The van der Waals surface area contributed by atoms with Gasteiger partial charge < -0.3 is 10.4 Å². The van der Waals surface area contributed by atoms with E-state index in [-0.39, 0.29) is 41.2 Å². The van der Waals surface area contributed by atoms with Gasteiger partial charge in [0.05, 0.1) is 0 Å². The summed E-state index contributed by atoms with van der Waals surface area (Å²) in [7, 11) is 0. The monoisotopic (exact) mass is 299 g/mol. The van der Waals surface area contributed by atoms with E-state index < -0.39 is 12.0 Å². The predicted molar refractivity (Wildman–Crippen MR) is 83.2 cm³/mol. The summed E-state index contributed by atoms with van der Waals surface area (Å²) in [6, 6.07) is -0.870. The maximum absolute atomic E-state index is 11.4. The van der Waals surface area contributed by atoms with Crippen molar-refractivity contribution in [1.29, 1.82) is 0 Å². The van der Waals surface area contributed by atoms with Gasteiger partial charge in [0.25, 0.3) is 0 Å². The van der Waals surface area contributed by atoms with Gasteiger partial charge in [0, 0.05) is 12.2 Å². The number of rotatable bonds is 11. The Morgan fingerprint density at radius 3 is 2.11 bits per heavy atom. The molecule has 4 nitrogen and oxygen atoms in total. The zero-order chi connectivity index (χ0) is 13.8. The molecule has 0 unspecified atom stereocenters. The molecule has 0 aromatic heterocycles. The molecule has 2 N–H and O–H groups in total. The maximum atomic E-state index is 11.4. The number of nitrogens with one attached hydrogen (secondary N) is 1. The van der Waals surface area contributed by atoms with Crippen LogP contribution >= 0.6 is 12.6 Å². The molecule has 0 aliphatic carbocycles. The fraction of sp³-hybridized carbons (Fsp3) is 0.846. The normalized spacial score (nSPS) is 11.5. The van der Waals surface area contributed by atoms with Crippen molar-refractivity contribution in [2.45, 2.75) is 64.3 Å². The molecule has 19 heavy (non-hydrogen) atoms. The Labute approximate surface area is 143 Å². The van der Waals surface area contributed by atoms with E-state index in [0.29, 0.717) is 6.42 Å². The van der Waals surface area contributed by atoms with Gasteiger partial charge in [-0.3, -0.25) is 4.79 Å². The van der Waals surface area contributed by atoms with Crippen molar-refractivity contribution < 1.29 is 14.7 Å². The van der Waals surface area contributed by atoms with Crippen molar-refractivity contribution in [3.05, 3.63) is 0 Å². The van der Waals surface area contributed by atoms with Gasteiger partial charge in [-0.2, -0.15) is 12.6 Å². The zero-order valence-corrected chi connectivity index (χ0v) is 12.0. The van der Waals surface area contributed by atoms with Crippen LogP contribution in [0, 0.1) is 0 Å². The van der Waals surface area contributed by atoms with Crippen molar-refractivity contribution in [2.75, 3.05) is 5.75 Å². The molecule has 0 fully saturated rings. The number of hydrogen-bond donors (Lipinski definition) is 3. The molecule has 0 heterocycles. The fourth-order valence-corrected chi connectivity index (χ4v) is 1.94. The molecule has 0 aromatic carbocycles. The minimum absolute atomic E-state index is 0. The van der Waals surface area contributed by atoms with Crippen LogP contribution in [0.25, 0.3) is 0 Å². The molecule has 0 bridgehead atoms. The van der Waals surface area contributed by atoms with E-state index in [4.69, 9.17) is 5.11 Å². The first-order valence-corrected chi connectivity index (χ1v) is 7.38. The van der Waals surface area contributed by atoms with Crippen molar-refractivity contribution in [3.8, 4) is 0 Å². The Hall–Kier alpha value is 0.290. The average Bonchev–Trinajstić information content (AvgIpc) is 2.34. The Morgan fingerprint density at radius 1 is 1.11 bits per heavy atom. The number of unbranched alkanes of at least 4 members (excludes halogenated alkanes) is 6. The molecule has 1 amide bonds. The zero-order valence-electron chi connectivity index (χ0n) is 11.2.